The zero-order valence-electron chi connectivity index (χ0n) is 14.4. The second kappa shape index (κ2) is 7.46. The van der Waals surface area contributed by atoms with Gasteiger partial charge in [-0.2, -0.15) is 0 Å². The van der Waals surface area contributed by atoms with Gasteiger partial charge in [-0.1, -0.05) is 93.8 Å². The van der Waals surface area contributed by atoms with Crippen molar-refractivity contribution in [2.75, 3.05) is 0 Å². The highest BCUT2D eigenvalue weighted by Crippen LogP contribution is 2.38. The Morgan fingerprint density at radius 1 is 0.913 bits per heavy atom. The minimum atomic E-state index is -2.11. The fourth-order valence-electron chi connectivity index (χ4n) is 4.03. The van der Waals surface area contributed by atoms with Gasteiger partial charge in [0.1, 0.15) is 0 Å². The summed E-state index contributed by atoms with van der Waals surface area (Å²) < 4.78 is 6.92. The quantitative estimate of drug-likeness (QED) is 0.561. The molecule has 0 radical (unpaired) electrons. The first-order valence-electron chi connectivity index (χ1n) is 9.06. The Morgan fingerprint density at radius 2 is 1.48 bits per heavy atom. The van der Waals surface area contributed by atoms with E-state index in [1.165, 1.54) is 42.5 Å². The summed E-state index contributed by atoms with van der Waals surface area (Å²) in [6, 6.07) is 22.0. The standard InChI is InChI=1S/C21H28OSi/c1-3-4-7-12-19-17-18(2)23(22-19,20-13-8-5-9-14-20)21-15-10-6-11-16-21/h5-6,8-11,13-16,18-19H,3-4,7,12,17H2,1-2H3/t18-,19-/m0/s1. The van der Waals surface area contributed by atoms with E-state index in [0.29, 0.717) is 11.6 Å². The number of unbranched alkanes of at least 4 members (excludes halogenated alkanes) is 2. The second-order valence-corrected chi connectivity index (χ2v) is 10.7. The first-order valence-corrected chi connectivity index (χ1v) is 11.0. The van der Waals surface area contributed by atoms with Crippen LogP contribution in [-0.4, -0.2) is 14.4 Å². The van der Waals surface area contributed by atoms with Gasteiger partial charge in [-0.25, -0.2) is 0 Å². The Hall–Kier alpha value is -1.38. The molecule has 1 fully saturated rings. The van der Waals surface area contributed by atoms with E-state index >= 15 is 0 Å². The highest BCUT2D eigenvalue weighted by Gasteiger charge is 2.51. The molecule has 2 atom stereocenters. The molecule has 1 saturated heterocycles. The highest BCUT2D eigenvalue weighted by atomic mass is 28.4. The second-order valence-electron chi connectivity index (χ2n) is 6.84. The van der Waals surface area contributed by atoms with Gasteiger partial charge in [-0.05, 0) is 28.8 Å². The maximum absolute atomic E-state index is 6.92. The Balaban J connectivity index is 1.94. The molecule has 3 rings (SSSR count). The van der Waals surface area contributed by atoms with Crippen LogP contribution < -0.4 is 10.4 Å². The zero-order valence-corrected chi connectivity index (χ0v) is 15.4. The van der Waals surface area contributed by atoms with E-state index in [2.05, 4.69) is 74.5 Å². The molecule has 23 heavy (non-hydrogen) atoms. The van der Waals surface area contributed by atoms with E-state index in [1.54, 1.807) is 0 Å². The fraction of sp³-hybridized carbons (Fsp3) is 0.429. The van der Waals surface area contributed by atoms with E-state index in [1.807, 2.05) is 0 Å². The predicted molar refractivity (Wildman–Crippen MR) is 101 cm³/mol. The molecule has 0 aliphatic carbocycles. The Kier molecular flexibility index (Phi) is 5.34. The molecule has 2 heteroatoms. The van der Waals surface area contributed by atoms with Gasteiger partial charge < -0.3 is 4.43 Å². The van der Waals surface area contributed by atoms with Crippen molar-refractivity contribution in [3.8, 4) is 0 Å². The van der Waals surface area contributed by atoms with Crippen LogP contribution in [0.15, 0.2) is 60.7 Å². The molecule has 2 aromatic carbocycles. The summed E-state index contributed by atoms with van der Waals surface area (Å²) in [5, 5.41) is 2.85. The van der Waals surface area contributed by atoms with Crippen molar-refractivity contribution < 1.29 is 4.43 Å². The van der Waals surface area contributed by atoms with Crippen molar-refractivity contribution in [3.05, 3.63) is 60.7 Å². The van der Waals surface area contributed by atoms with Crippen LogP contribution in [0.2, 0.25) is 5.54 Å². The molecule has 0 bridgehead atoms. The van der Waals surface area contributed by atoms with Crippen molar-refractivity contribution in [1.29, 1.82) is 0 Å². The predicted octanol–water partition coefficient (Wildman–Crippen LogP) is 4.51. The van der Waals surface area contributed by atoms with Gasteiger partial charge >= 0.3 is 0 Å². The van der Waals surface area contributed by atoms with Crippen molar-refractivity contribution in [2.24, 2.45) is 0 Å². The smallest absolute Gasteiger partial charge is 0.258 e. The number of rotatable bonds is 6. The molecule has 1 heterocycles. The molecule has 0 spiro atoms. The topological polar surface area (TPSA) is 9.23 Å². The van der Waals surface area contributed by atoms with Gasteiger partial charge in [0.05, 0.1) is 0 Å². The lowest BCUT2D eigenvalue weighted by atomic mass is 10.1. The average Bonchev–Trinajstić information content (AvgIpc) is 2.94. The SMILES string of the molecule is CCCCC[C@H]1C[C@H](C)[Si](c2ccccc2)(c2ccccc2)O1. The van der Waals surface area contributed by atoms with Crippen LogP contribution in [0.4, 0.5) is 0 Å². The molecule has 122 valence electrons. The van der Waals surface area contributed by atoms with Crippen LogP contribution in [0.25, 0.3) is 0 Å². The van der Waals surface area contributed by atoms with Crippen LogP contribution in [-0.2, 0) is 4.43 Å². The van der Waals surface area contributed by atoms with E-state index in [-0.39, 0.29) is 0 Å². The third-order valence-corrected chi connectivity index (χ3v) is 9.91. The fourth-order valence-corrected chi connectivity index (χ4v) is 8.72. The van der Waals surface area contributed by atoms with Crippen molar-refractivity contribution in [1.82, 2.24) is 0 Å². The molecule has 0 amide bonds. The highest BCUT2D eigenvalue weighted by molar-refractivity contribution is 6.98. The summed E-state index contributed by atoms with van der Waals surface area (Å²) in [6.07, 6.45) is 6.75. The van der Waals surface area contributed by atoms with E-state index in [9.17, 15) is 0 Å². The summed E-state index contributed by atoms with van der Waals surface area (Å²) in [4.78, 5) is 0. The molecule has 1 aliphatic rings. The molecular formula is C21H28OSi. The first-order chi connectivity index (χ1) is 11.3. The number of hydrogen-bond acceptors (Lipinski definition) is 1. The Labute approximate surface area is 141 Å². The van der Waals surface area contributed by atoms with Crippen LogP contribution in [0.1, 0.15) is 46.0 Å². The third-order valence-electron chi connectivity index (χ3n) is 5.20. The van der Waals surface area contributed by atoms with Gasteiger partial charge in [-0.3, -0.25) is 0 Å². The summed E-state index contributed by atoms with van der Waals surface area (Å²) in [6.45, 7) is 4.68. The van der Waals surface area contributed by atoms with Crippen LogP contribution in [0, 0.1) is 0 Å². The van der Waals surface area contributed by atoms with Gasteiger partial charge in [0.15, 0.2) is 0 Å². The van der Waals surface area contributed by atoms with Gasteiger partial charge in [0.25, 0.3) is 8.32 Å². The largest absolute Gasteiger partial charge is 0.405 e. The molecule has 0 aromatic heterocycles. The van der Waals surface area contributed by atoms with Crippen molar-refractivity contribution in [2.45, 2.75) is 57.6 Å². The van der Waals surface area contributed by atoms with Crippen molar-refractivity contribution in [3.63, 3.8) is 0 Å². The minimum Gasteiger partial charge on any atom is -0.405 e. The lowest BCUT2D eigenvalue weighted by Crippen LogP contribution is -2.61. The Morgan fingerprint density at radius 3 is 2.00 bits per heavy atom. The zero-order chi connectivity index (χ0) is 16.1. The lowest BCUT2D eigenvalue weighted by molar-refractivity contribution is 0.211. The molecule has 0 N–H and O–H groups in total. The molecular weight excluding hydrogens is 296 g/mol. The summed E-state index contributed by atoms with van der Waals surface area (Å²) >= 11 is 0. The van der Waals surface area contributed by atoms with Gasteiger partial charge in [-0.15, -0.1) is 0 Å². The third kappa shape index (κ3) is 3.29. The molecule has 2 aromatic rings. The Bertz CT molecular complexity index is 556. The monoisotopic (exact) mass is 324 g/mol. The molecule has 0 saturated carbocycles. The maximum atomic E-state index is 6.92. The molecule has 1 nitrogen and oxygen atoms in total. The van der Waals surface area contributed by atoms with Gasteiger partial charge in [0.2, 0.25) is 0 Å². The summed E-state index contributed by atoms with van der Waals surface area (Å²) in [7, 11) is -2.11. The molecule has 1 aliphatic heterocycles. The van der Waals surface area contributed by atoms with Crippen LogP contribution in [0.3, 0.4) is 0 Å². The number of hydrogen-bond donors (Lipinski definition) is 0. The lowest BCUT2D eigenvalue weighted by Gasteiger charge is -2.31. The maximum Gasteiger partial charge on any atom is 0.258 e. The van der Waals surface area contributed by atoms with Gasteiger partial charge in [0, 0.05) is 6.10 Å². The van der Waals surface area contributed by atoms with Crippen LogP contribution in [0.5, 0.6) is 0 Å². The van der Waals surface area contributed by atoms with E-state index in [0.717, 1.165) is 0 Å². The summed E-state index contributed by atoms with van der Waals surface area (Å²) in [5.41, 5.74) is 0.624. The van der Waals surface area contributed by atoms with E-state index in [4.69, 9.17) is 4.43 Å². The number of benzene rings is 2. The molecule has 0 unspecified atom stereocenters. The normalized spacial score (nSPS) is 23.0. The van der Waals surface area contributed by atoms with Crippen LogP contribution >= 0.6 is 0 Å². The minimum absolute atomic E-state index is 0.434. The van der Waals surface area contributed by atoms with E-state index < -0.39 is 8.32 Å². The van der Waals surface area contributed by atoms with Crippen molar-refractivity contribution >= 4 is 18.7 Å². The average molecular weight is 325 g/mol. The summed E-state index contributed by atoms with van der Waals surface area (Å²) in [5.74, 6) is 0. The first kappa shape index (κ1) is 16.5.